The number of hydrogen-bond donors (Lipinski definition) is 1. The van der Waals surface area contributed by atoms with E-state index < -0.39 is 28.5 Å². The van der Waals surface area contributed by atoms with Gasteiger partial charge >= 0.3 is 0 Å². The summed E-state index contributed by atoms with van der Waals surface area (Å²) in [5.74, 6) is -0.452. The van der Waals surface area contributed by atoms with E-state index in [2.05, 4.69) is 5.32 Å². The maximum absolute atomic E-state index is 13.5. The molecule has 0 aliphatic rings. The van der Waals surface area contributed by atoms with Crippen molar-refractivity contribution in [2.24, 2.45) is 5.92 Å². The highest BCUT2D eigenvalue weighted by Crippen LogP contribution is 2.20. The molecule has 0 radical (unpaired) electrons. The van der Waals surface area contributed by atoms with Crippen LogP contribution < -0.4 is 9.62 Å². The van der Waals surface area contributed by atoms with Crippen LogP contribution in [0.1, 0.15) is 37.5 Å². The van der Waals surface area contributed by atoms with Gasteiger partial charge in [-0.05, 0) is 49.9 Å². The van der Waals surface area contributed by atoms with Crippen molar-refractivity contribution < 1.29 is 18.0 Å². The highest BCUT2D eigenvalue weighted by Gasteiger charge is 2.30. The molecular formula is C25H35N3O4S. The Bertz CT molecular complexity index is 1070. The van der Waals surface area contributed by atoms with Crippen molar-refractivity contribution in [2.75, 3.05) is 23.7 Å². The van der Waals surface area contributed by atoms with Crippen LogP contribution in [0.2, 0.25) is 0 Å². The fraction of sp³-hybridized carbons (Fsp3) is 0.440. The Balaban J connectivity index is 2.36. The van der Waals surface area contributed by atoms with Gasteiger partial charge in [0.1, 0.15) is 12.6 Å². The van der Waals surface area contributed by atoms with E-state index in [4.69, 9.17) is 0 Å². The summed E-state index contributed by atoms with van der Waals surface area (Å²) in [7, 11) is -3.72. The van der Waals surface area contributed by atoms with Crippen molar-refractivity contribution >= 4 is 27.5 Å². The smallest absolute Gasteiger partial charge is 0.244 e. The zero-order chi connectivity index (χ0) is 24.8. The van der Waals surface area contributed by atoms with Crippen molar-refractivity contribution in [1.82, 2.24) is 10.2 Å². The fourth-order valence-electron chi connectivity index (χ4n) is 3.33. The molecule has 0 fully saturated rings. The normalized spacial score (nSPS) is 12.3. The maximum atomic E-state index is 13.5. The van der Waals surface area contributed by atoms with Crippen molar-refractivity contribution in [3.8, 4) is 0 Å². The summed E-state index contributed by atoms with van der Waals surface area (Å²) in [6.07, 6.45) is 1.07. The Morgan fingerprint density at radius 1 is 0.970 bits per heavy atom. The quantitative estimate of drug-likeness (QED) is 0.574. The molecule has 2 aromatic carbocycles. The molecule has 1 N–H and O–H groups in total. The van der Waals surface area contributed by atoms with Gasteiger partial charge in [-0.25, -0.2) is 8.42 Å². The van der Waals surface area contributed by atoms with E-state index in [0.29, 0.717) is 12.2 Å². The van der Waals surface area contributed by atoms with E-state index >= 15 is 0 Å². The van der Waals surface area contributed by atoms with Gasteiger partial charge in [-0.3, -0.25) is 13.9 Å². The van der Waals surface area contributed by atoms with Crippen molar-refractivity contribution in [1.29, 1.82) is 0 Å². The molecule has 0 aliphatic carbocycles. The zero-order valence-corrected chi connectivity index (χ0v) is 21.1. The molecule has 33 heavy (non-hydrogen) atoms. The van der Waals surface area contributed by atoms with Crippen molar-refractivity contribution in [2.45, 2.75) is 47.2 Å². The lowest BCUT2D eigenvalue weighted by Crippen LogP contribution is -2.51. The van der Waals surface area contributed by atoms with E-state index in [1.165, 1.54) is 4.90 Å². The molecular weight excluding hydrogens is 438 g/mol. The number of anilines is 1. The van der Waals surface area contributed by atoms with Gasteiger partial charge in [-0.1, -0.05) is 55.8 Å². The molecule has 0 aliphatic heterocycles. The summed E-state index contributed by atoms with van der Waals surface area (Å²) in [5, 5.41) is 2.87. The highest BCUT2D eigenvalue weighted by atomic mass is 32.2. The molecule has 7 nitrogen and oxygen atoms in total. The summed E-state index contributed by atoms with van der Waals surface area (Å²) in [4.78, 5) is 27.8. The minimum atomic E-state index is -3.72. The first-order valence-electron chi connectivity index (χ1n) is 11.1. The van der Waals surface area contributed by atoms with Gasteiger partial charge in [0.25, 0.3) is 0 Å². The highest BCUT2D eigenvalue weighted by molar-refractivity contribution is 7.92. The predicted octanol–water partition coefficient (Wildman–Crippen LogP) is 3.26. The SMILES string of the molecule is Cc1ccc(N(CC(=O)N(Cc2ccccc2C)[C@H](C)C(=O)NCC(C)C)S(C)(=O)=O)cc1. The van der Waals surface area contributed by atoms with Gasteiger partial charge in [0.05, 0.1) is 11.9 Å². The Labute approximate surface area is 197 Å². The molecule has 0 unspecified atom stereocenters. The maximum Gasteiger partial charge on any atom is 0.244 e. The molecule has 0 aromatic heterocycles. The zero-order valence-electron chi connectivity index (χ0n) is 20.3. The van der Waals surface area contributed by atoms with E-state index in [0.717, 1.165) is 27.3 Å². The van der Waals surface area contributed by atoms with Crippen LogP contribution in [0.15, 0.2) is 48.5 Å². The van der Waals surface area contributed by atoms with Crippen LogP contribution in [-0.2, 0) is 26.2 Å². The number of carbonyl (C=O) groups excluding carboxylic acids is 2. The number of sulfonamides is 1. The summed E-state index contributed by atoms with van der Waals surface area (Å²) in [5.41, 5.74) is 3.28. The number of carbonyl (C=O) groups is 2. The van der Waals surface area contributed by atoms with Crippen LogP contribution in [0.4, 0.5) is 5.69 Å². The third-order valence-corrected chi connectivity index (χ3v) is 6.60. The third-order valence-electron chi connectivity index (χ3n) is 5.45. The predicted molar refractivity (Wildman–Crippen MR) is 132 cm³/mol. The van der Waals surface area contributed by atoms with Crippen molar-refractivity contribution in [3.05, 3.63) is 65.2 Å². The Morgan fingerprint density at radius 3 is 2.12 bits per heavy atom. The summed E-state index contributed by atoms with van der Waals surface area (Å²) in [6, 6.07) is 13.8. The fourth-order valence-corrected chi connectivity index (χ4v) is 4.18. The van der Waals surface area contributed by atoms with Crippen LogP contribution in [-0.4, -0.2) is 50.5 Å². The lowest BCUT2D eigenvalue weighted by atomic mass is 10.1. The van der Waals surface area contributed by atoms with Gasteiger partial charge in [0.15, 0.2) is 0 Å². The second-order valence-corrected chi connectivity index (χ2v) is 10.8. The average Bonchev–Trinajstić information content (AvgIpc) is 2.74. The standard InChI is InChI=1S/C25H35N3O4S/c1-18(2)15-26-25(30)21(5)27(16-22-10-8-7-9-20(22)4)24(29)17-28(33(6,31)32)23-13-11-19(3)12-14-23/h7-14,18,21H,15-17H2,1-6H3,(H,26,30)/t21-/m1/s1. The molecule has 1 atom stereocenters. The van der Waals surface area contributed by atoms with Gasteiger partial charge in [-0.15, -0.1) is 0 Å². The molecule has 0 heterocycles. The number of benzene rings is 2. The lowest BCUT2D eigenvalue weighted by molar-refractivity contribution is -0.139. The lowest BCUT2D eigenvalue weighted by Gasteiger charge is -2.32. The van der Waals surface area contributed by atoms with Gasteiger partial charge < -0.3 is 10.2 Å². The molecule has 0 bridgehead atoms. The van der Waals surface area contributed by atoms with Gasteiger partial charge in [-0.2, -0.15) is 0 Å². The molecule has 0 spiro atoms. The Morgan fingerprint density at radius 2 is 1.58 bits per heavy atom. The first-order valence-corrected chi connectivity index (χ1v) is 12.9. The topological polar surface area (TPSA) is 86.8 Å². The van der Waals surface area contributed by atoms with Crippen molar-refractivity contribution in [3.63, 3.8) is 0 Å². The minimum absolute atomic E-state index is 0.202. The van der Waals surface area contributed by atoms with Crippen LogP contribution in [0.25, 0.3) is 0 Å². The number of nitrogens with one attached hydrogen (secondary N) is 1. The van der Waals surface area contributed by atoms with E-state index in [1.807, 2.05) is 52.0 Å². The van der Waals surface area contributed by atoms with Gasteiger partial charge in [0, 0.05) is 13.1 Å². The Hall–Kier alpha value is -2.87. The molecule has 180 valence electrons. The van der Waals surface area contributed by atoms with Crippen LogP contribution in [0.3, 0.4) is 0 Å². The minimum Gasteiger partial charge on any atom is -0.354 e. The second-order valence-electron chi connectivity index (χ2n) is 8.87. The molecule has 0 saturated carbocycles. The molecule has 2 aromatic rings. The average molecular weight is 474 g/mol. The van der Waals surface area contributed by atoms with E-state index in [9.17, 15) is 18.0 Å². The number of hydrogen-bond acceptors (Lipinski definition) is 4. The van der Waals surface area contributed by atoms with Crippen LogP contribution >= 0.6 is 0 Å². The Kier molecular flexibility index (Phi) is 9.05. The monoisotopic (exact) mass is 473 g/mol. The second kappa shape index (κ2) is 11.3. The molecule has 8 heteroatoms. The number of nitrogens with zero attached hydrogens (tertiary/aromatic N) is 2. The first-order chi connectivity index (χ1) is 15.4. The number of rotatable bonds is 10. The summed E-state index contributed by atoms with van der Waals surface area (Å²) in [6.45, 7) is 9.80. The van der Waals surface area contributed by atoms with Crippen LogP contribution in [0.5, 0.6) is 0 Å². The summed E-state index contributed by atoms with van der Waals surface area (Å²) >= 11 is 0. The number of amides is 2. The largest absolute Gasteiger partial charge is 0.354 e. The molecule has 0 saturated heterocycles. The molecule has 2 amide bonds. The van der Waals surface area contributed by atoms with Crippen LogP contribution in [0, 0.1) is 19.8 Å². The first kappa shape index (κ1) is 26.4. The molecule has 2 rings (SSSR count). The summed E-state index contributed by atoms with van der Waals surface area (Å²) < 4.78 is 26.2. The van der Waals surface area contributed by atoms with Gasteiger partial charge in [0.2, 0.25) is 21.8 Å². The van der Waals surface area contributed by atoms with E-state index in [1.54, 1.807) is 31.2 Å². The van der Waals surface area contributed by atoms with E-state index in [-0.39, 0.29) is 18.4 Å². The number of aryl methyl sites for hydroxylation is 2. The third kappa shape index (κ3) is 7.60.